The molecule has 0 unspecified atom stereocenters. The molecule has 2 aromatic rings. The number of piperidine rings is 2. The number of benzene rings is 1. The molecule has 0 bridgehead atoms. The van der Waals surface area contributed by atoms with Gasteiger partial charge < -0.3 is 9.47 Å². The Hall–Kier alpha value is -2.14. The molecule has 2 atom stereocenters. The summed E-state index contributed by atoms with van der Waals surface area (Å²) in [5, 5.41) is 0. The van der Waals surface area contributed by atoms with Crippen LogP contribution in [0.2, 0.25) is 0 Å². The lowest BCUT2D eigenvalue weighted by Crippen LogP contribution is -2.56. The molecule has 4 rings (SSSR count). The molecule has 0 spiro atoms. The third kappa shape index (κ3) is 4.14. The summed E-state index contributed by atoms with van der Waals surface area (Å²) in [4.78, 5) is 21.7. The number of hydrogen-bond acceptors (Lipinski definition) is 3. The molecule has 1 amide bonds. The molecular formula is C23H32N4O. The summed E-state index contributed by atoms with van der Waals surface area (Å²) >= 11 is 0. The molecule has 2 fully saturated rings. The zero-order chi connectivity index (χ0) is 19.5. The smallest absolute Gasteiger partial charge is 0.222 e. The average molecular weight is 381 g/mol. The van der Waals surface area contributed by atoms with E-state index in [1.54, 1.807) is 0 Å². The van der Waals surface area contributed by atoms with Gasteiger partial charge in [-0.25, -0.2) is 4.98 Å². The van der Waals surface area contributed by atoms with E-state index in [1.165, 1.54) is 11.3 Å². The first kappa shape index (κ1) is 19.2. The van der Waals surface area contributed by atoms with E-state index >= 15 is 0 Å². The number of fused-ring (bicyclic) bond motifs is 1. The van der Waals surface area contributed by atoms with Crippen molar-refractivity contribution in [3.05, 3.63) is 54.1 Å². The Morgan fingerprint density at radius 1 is 1.18 bits per heavy atom. The fourth-order valence-corrected chi connectivity index (χ4v) is 4.90. The van der Waals surface area contributed by atoms with Crippen molar-refractivity contribution in [2.24, 2.45) is 5.92 Å². The third-order valence-electron chi connectivity index (χ3n) is 6.40. The molecule has 2 aliphatic heterocycles. The number of imidazole rings is 1. The van der Waals surface area contributed by atoms with E-state index in [4.69, 9.17) is 0 Å². The summed E-state index contributed by atoms with van der Waals surface area (Å²) in [5.74, 6) is 0.946. The highest BCUT2D eigenvalue weighted by Crippen LogP contribution is 2.32. The predicted octanol–water partition coefficient (Wildman–Crippen LogP) is 3.52. The van der Waals surface area contributed by atoms with E-state index in [-0.39, 0.29) is 0 Å². The quantitative estimate of drug-likeness (QED) is 0.770. The van der Waals surface area contributed by atoms with Crippen molar-refractivity contribution < 1.29 is 4.79 Å². The van der Waals surface area contributed by atoms with Crippen LogP contribution in [0.15, 0.2) is 42.9 Å². The summed E-state index contributed by atoms with van der Waals surface area (Å²) in [6, 6.07) is 11.4. The van der Waals surface area contributed by atoms with Crippen molar-refractivity contribution in [2.75, 3.05) is 19.6 Å². The second-order valence-electron chi connectivity index (χ2n) is 8.60. The lowest BCUT2D eigenvalue weighted by Gasteiger charge is -2.47. The van der Waals surface area contributed by atoms with Gasteiger partial charge in [0, 0.05) is 50.9 Å². The largest absolute Gasteiger partial charge is 0.339 e. The fraction of sp³-hybridized carbons (Fsp3) is 0.565. The Morgan fingerprint density at radius 2 is 2.00 bits per heavy atom. The molecule has 2 aliphatic rings. The van der Waals surface area contributed by atoms with Crippen LogP contribution in [-0.4, -0.2) is 50.9 Å². The second-order valence-corrected chi connectivity index (χ2v) is 8.60. The molecule has 150 valence electrons. The SMILES string of the molecule is CC(C)n1cncc1CN1CC[C@@H]2[C@@H](CCC(=O)N2CCc2ccccc2)C1. The molecule has 3 heterocycles. The first-order valence-corrected chi connectivity index (χ1v) is 10.7. The van der Waals surface area contributed by atoms with Crippen molar-refractivity contribution in [2.45, 2.75) is 58.2 Å². The van der Waals surface area contributed by atoms with Crippen LogP contribution in [0, 0.1) is 5.92 Å². The van der Waals surface area contributed by atoms with Gasteiger partial charge in [0.2, 0.25) is 5.91 Å². The van der Waals surface area contributed by atoms with Gasteiger partial charge in [-0.2, -0.15) is 0 Å². The first-order chi connectivity index (χ1) is 13.6. The number of nitrogens with zero attached hydrogens (tertiary/aromatic N) is 4. The number of hydrogen-bond donors (Lipinski definition) is 0. The summed E-state index contributed by atoms with van der Waals surface area (Å²) < 4.78 is 2.27. The zero-order valence-corrected chi connectivity index (χ0v) is 17.1. The Bertz CT molecular complexity index is 785. The minimum Gasteiger partial charge on any atom is -0.339 e. The number of amides is 1. The van der Waals surface area contributed by atoms with Crippen molar-refractivity contribution in [3.63, 3.8) is 0 Å². The second kappa shape index (κ2) is 8.48. The minimum absolute atomic E-state index is 0.350. The van der Waals surface area contributed by atoms with E-state index in [1.807, 2.05) is 18.6 Å². The lowest BCUT2D eigenvalue weighted by molar-refractivity contribution is -0.141. The van der Waals surface area contributed by atoms with Crippen molar-refractivity contribution in [3.8, 4) is 0 Å². The summed E-state index contributed by atoms with van der Waals surface area (Å²) in [6.07, 6.45) is 7.72. The van der Waals surface area contributed by atoms with Crippen LogP contribution in [-0.2, 0) is 17.8 Å². The topological polar surface area (TPSA) is 41.4 Å². The van der Waals surface area contributed by atoms with Gasteiger partial charge in [0.05, 0.1) is 12.0 Å². The predicted molar refractivity (Wildman–Crippen MR) is 111 cm³/mol. The van der Waals surface area contributed by atoms with Gasteiger partial charge in [-0.15, -0.1) is 0 Å². The molecule has 1 aromatic carbocycles. The first-order valence-electron chi connectivity index (χ1n) is 10.7. The van der Waals surface area contributed by atoms with Crippen LogP contribution < -0.4 is 0 Å². The van der Waals surface area contributed by atoms with Gasteiger partial charge in [0.1, 0.15) is 0 Å². The molecule has 0 aliphatic carbocycles. The van der Waals surface area contributed by atoms with Crippen LogP contribution >= 0.6 is 0 Å². The molecule has 0 saturated carbocycles. The highest BCUT2D eigenvalue weighted by Gasteiger charge is 2.39. The van der Waals surface area contributed by atoms with Gasteiger partial charge in [0.25, 0.3) is 0 Å². The number of likely N-dealkylation sites (tertiary alicyclic amines) is 2. The Kier molecular flexibility index (Phi) is 5.81. The van der Waals surface area contributed by atoms with Crippen molar-refractivity contribution in [1.29, 1.82) is 0 Å². The maximum atomic E-state index is 12.6. The maximum absolute atomic E-state index is 12.6. The average Bonchev–Trinajstić information content (AvgIpc) is 3.16. The Balaban J connectivity index is 1.38. The van der Waals surface area contributed by atoms with Gasteiger partial charge in [-0.1, -0.05) is 30.3 Å². The molecular weight excluding hydrogens is 348 g/mol. The van der Waals surface area contributed by atoms with Crippen LogP contribution in [0.25, 0.3) is 0 Å². The standard InChI is InChI=1S/C23H32N4O/c1-18(2)27-17-24-14-21(27)16-25-12-11-22-20(15-25)8-9-23(28)26(22)13-10-19-6-4-3-5-7-19/h3-7,14,17-18,20,22H,8-13,15-16H2,1-2H3/t20-,22+/m0/s1. The van der Waals surface area contributed by atoms with Gasteiger partial charge in [-0.3, -0.25) is 9.69 Å². The summed E-state index contributed by atoms with van der Waals surface area (Å²) in [7, 11) is 0. The van der Waals surface area contributed by atoms with Crippen LogP contribution in [0.3, 0.4) is 0 Å². The van der Waals surface area contributed by atoms with Gasteiger partial charge in [0.15, 0.2) is 0 Å². The normalized spacial score (nSPS) is 23.2. The molecule has 5 nitrogen and oxygen atoms in total. The summed E-state index contributed by atoms with van der Waals surface area (Å²) in [6.45, 7) is 8.36. The van der Waals surface area contributed by atoms with Crippen LogP contribution in [0.1, 0.15) is 50.4 Å². The van der Waals surface area contributed by atoms with Crippen molar-refractivity contribution in [1.82, 2.24) is 19.4 Å². The van der Waals surface area contributed by atoms with Crippen LogP contribution in [0.5, 0.6) is 0 Å². The molecule has 1 aromatic heterocycles. The van der Waals surface area contributed by atoms with Crippen LogP contribution in [0.4, 0.5) is 0 Å². The van der Waals surface area contributed by atoms with E-state index in [9.17, 15) is 4.79 Å². The highest BCUT2D eigenvalue weighted by molar-refractivity contribution is 5.77. The van der Waals surface area contributed by atoms with E-state index < -0.39 is 0 Å². The molecule has 5 heteroatoms. The number of rotatable bonds is 6. The number of aromatic nitrogens is 2. The number of carbonyl (C=O) groups is 1. The van der Waals surface area contributed by atoms with E-state index in [0.29, 0.717) is 30.3 Å². The monoisotopic (exact) mass is 380 g/mol. The molecule has 2 saturated heterocycles. The lowest BCUT2D eigenvalue weighted by atomic mass is 9.83. The number of carbonyl (C=O) groups excluding carboxylic acids is 1. The fourth-order valence-electron chi connectivity index (χ4n) is 4.90. The van der Waals surface area contributed by atoms with Gasteiger partial charge in [-0.05, 0) is 44.6 Å². The third-order valence-corrected chi connectivity index (χ3v) is 6.40. The highest BCUT2D eigenvalue weighted by atomic mass is 16.2. The molecule has 0 radical (unpaired) electrons. The minimum atomic E-state index is 0.350. The van der Waals surface area contributed by atoms with Gasteiger partial charge >= 0.3 is 0 Å². The maximum Gasteiger partial charge on any atom is 0.222 e. The zero-order valence-electron chi connectivity index (χ0n) is 17.1. The Labute approximate surface area is 168 Å². The molecule has 28 heavy (non-hydrogen) atoms. The van der Waals surface area contributed by atoms with Crippen molar-refractivity contribution >= 4 is 5.91 Å². The Morgan fingerprint density at radius 3 is 2.79 bits per heavy atom. The van der Waals surface area contributed by atoms with E-state index in [2.05, 4.69) is 57.5 Å². The molecule has 0 N–H and O–H groups in total. The van der Waals surface area contributed by atoms with E-state index in [0.717, 1.165) is 45.4 Å². The summed E-state index contributed by atoms with van der Waals surface area (Å²) in [5.41, 5.74) is 2.61.